The third-order valence-electron chi connectivity index (χ3n) is 3.20. The van der Waals surface area contributed by atoms with Gasteiger partial charge in [-0.25, -0.2) is 0 Å². The number of nitrogens with zero attached hydrogens (tertiary/aromatic N) is 1. The molecule has 4 N–H and O–H groups in total. The van der Waals surface area contributed by atoms with Gasteiger partial charge in [0.1, 0.15) is 5.92 Å². The zero-order chi connectivity index (χ0) is 13.8. The summed E-state index contributed by atoms with van der Waals surface area (Å²) in [4.78, 5) is 0. The number of alkyl halides is 3. The van der Waals surface area contributed by atoms with Crippen LogP contribution in [0.1, 0.15) is 19.3 Å². The first-order valence-corrected chi connectivity index (χ1v) is 5.68. The third-order valence-corrected chi connectivity index (χ3v) is 3.20. The smallest absolute Gasteiger partial charge is 0.400 e. The molecule has 0 saturated heterocycles. The van der Waals surface area contributed by atoms with E-state index in [0.717, 1.165) is 12.8 Å². The summed E-state index contributed by atoms with van der Waals surface area (Å²) >= 11 is 0. The van der Waals surface area contributed by atoms with Gasteiger partial charge in [0, 0.05) is 19.7 Å². The third kappa shape index (κ3) is 4.02. The Hall–Kier alpha value is -1.02. The molecule has 0 aromatic rings. The number of halogens is 3. The summed E-state index contributed by atoms with van der Waals surface area (Å²) in [6, 6.07) is -0.0220. The van der Waals surface area contributed by atoms with Crippen LogP contribution in [0.4, 0.5) is 13.2 Å². The van der Waals surface area contributed by atoms with Crippen LogP contribution in [0, 0.1) is 5.92 Å². The lowest BCUT2D eigenvalue weighted by Crippen LogP contribution is -2.45. The molecule has 18 heavy (non-hydrogen) atoms. The lowest BCUT2D eigenvalue weighted by atomic mass is 10.1. The highest BCUT2D eigenvalue weighted by Gasteiger charge is 2.43. The number of ether oxygens (including phenoxy) is 1. The Morgan fingerprint density at radius 2 is 2.22 bits per heavy atom. The van der Waals surface area contributed by atoms with Gasteiger partial charge in [0.25, 0.3) is 0 Å². The van der Waals surface area contributed by atoms with Crippen LogP contribution < -0.4 is 11.1 Å². The van der Waals surface area contributed by atoms with Crippen molar-refractivity contribution in [3.05, 3.63) is 0 Å². The molecule has 1 aliphatic rings. The molecule has 1 aliphatic carbocycles. The fourth-order valence-corrected chi connectivity index (χ4v) is 2.08. The maximum atomic E-state index is 12.6. The van der Waals surface area contributed by atoms with E-state index in [1.165, 1.54) is 0 Å². The molecule has 0 amide bonds. The topological polar surface area (TPSA) is 79.9 Å². The lowest BCUT2D eigenvalue weighted by molar-refractivity contribution is -0.155. The Morgan fingerprint density at radius 3 is 2.67 bits per heavy atom. The number of amidine groups is 1. The van der Waals surface area contributed by atoms with E-state index >= 15 is 0 Å². The van der Waals surface area contributed by atoms with Gasteiger partial charge in [0.15, 0.2) is 5.84 Å². The Morgan fingerprint density at radius 1 is 1.56 bits per heavy atom. The summed E-state index contributed by atoms with van der Waals surface area (Å²) in [5, 5.41) is 13.6. The highest BCUT2D eigenvalue weighted by atomic mass is 19.4. The zero-order valence-electron chi connectivity index (χ0n) is 10.1. The molecule has 1 rings (SSSR count). The molecule has 0 bridgehead atoms. The second-order valence-electron chi connectivity index (χ2n) is 4.39. The first-order chi connectivity index (χ1) is 8.38. The van der Waals surface area contributed by atoms with Crippen LogP contribution in [0.5, 0.6) is 0 Å². The molecular weight excluding hydrogens is 251 g/mol. The number of oxime groups is 1. The van der Waals surface area contributed by atoms with Crippen LogP contribution in [-0.4, -0.2) is 43.0 Å². The van der Waals surface area contributed by atoms with E-state index in [1.807, 2.05) is 0 Å². The maximum Gasteiger partial charge on any atom is 0.400 e. The number of nitrogens with one attached hydrogen (secondary N) is 1. The van der Waals surface area contributed by atoms with E-state index in [-0.39, 0.29) is 18.7 Å². The molecule has 0 heterocycles. The Kier molecular flexibility index (Phi) is 5.21. The molecular formula is C10H18F3N3O2. The van der Waals surface area contributed by atoms with E-state index in [4.69, 9.17) is 15.7 Å². The fourth-order valence-electron chi connectivity index (χ4n) is 2.08. The molecule has 0 aromatic carbocycles. The monoisotopic (exact) mass is 269 g/mol. The number of hydrogen-bond acceptors (Lipinski definition) is 4. The van der Waals surface area contributed by atoms with E-state index in [1.54, 1.807) is 7.11 Å². The quantitative estimate of drug-likeness (QED) is 0.302. The summed E-state index contributed by atoms with van der Waals surface area (Å²) in [6.07, 6.45) is -2.16. The Balaban J connectivity index is 2.49. The predicted molar refractivity (Wildman–Crippen MR) is 59.4 cm³/mol. The zero-order valence-corrected chi connectivity index (χ0v) is 10.1. The van der Waals surface area contributed by atoms with Gasteiger partial charge in [-0.3, -0.25) is 0 Å². The number of methoxy groups -OCH3 is 1. The van der Waals surface area contributed by atoms with Crippen molar-refractivity contribution in [2.75, 3.05) is 13.7 Å². The molecule has 0 aromatic heterocycles. The predicted octanol–water partition coefficient (Wildman–Crippen LogP) is 1.07. The van der Waals surface area contributed by atoms with Crippen LogP contribution in [0.3, 0.4) is 0 Å². The van der Waals surface area contributed by atoms with Gasteiger partial charge in [-0.2, -0.15) is 13.2 Å². The largest absolute Gasteiger partial charge is 0.409 e. The molecule has 3 atom stereocenters. The summed E-state index contributed by atoms with van der Waals surface area (Å²) in [5.41, 5.74) is 5.06. The molecule has 0 radical (unpaired) electrons. The molecule has 106 valence electrons. The van der Waals surface area contributed by atoms with Gasteiger partial charge in [0.2, 0.25) is 0 Å². The molecule has 1 saturated carbocycles. The van der Waals surface area contributed by atoms with E-state index < -0.39 is 17.9 Å². The van der Waals surface area contributed by atoms with Gasteiger partial charge in [-0.1, -0.05) is 5.16 Å². The number of rotatable bonds is 5. The van der Waals surface area contributed by atoms with Crippen molar-refractivity contribution in [3.8, 4) is 0 Å². The molecule has 3 unspecified atom stereocenters. The highest BCUT2D eigenvalue weighted by molar-refractivity contribution is 5.83. The van der Waals surface area contributed by atoms with Crippen molar-refractivity contribution >= 4 is 5.84 Å². The van der Waals surface area contributed by atoms with Crippen LogP contribution in [0.25, 0.3) is 0 Å². The van der Waals surface area contributed by atoms with E-state index in [0.29, 0.717) is 6.42 Å². The molecule has 1 fully saturated rings. The van der Waals surface area contributed by atoms with Crippen LogP contribution in [0.2, 0.25) is 0 Å². The first-order valence-electron chi connectivity index (χ1n) is 5.68. The van der Waals surface area contributed by atoms with Crippen LogP contribution in [-0.2, 0) is 4.74 Å². The molecule has 0 spiro atoms. The summed E-state index contributed by atoms with van der Waals surface area (Å²) in [6.45, 7) is -0.388. The highest BCUT2D eigenvalue weighted by Crippen LogP contribution is 2.27. The van der Waals surface area contributed by atoms with Gasteiger partial charge in [-0.15, -0.1) is 0 Å². The normalized spacial score (nSPS) is 27.4. The van der Waals surface area contributed by atoms with Crippen LogP contribution >= 0.6 is 0 Å². The average Bonchev–Trinajstić information content (AvgIpc) is 2.75. The van der Waals surface area contributed by atoms with Crippen LogP contribution in [0.15, 0.2) is 5.16 Å². The molecule has 5 nitrogen and oxygen atoms in total. The maximum absolute atomic E-state index is 12.6. The van der Waals surface area contributed by atoms with Crippen molar-refractivity contribution in [1.29, 1.82) is 0 Å². The van der Waals surface area contributed by atoms with Crippen molar-refractivity contribution in [1.82, 2.24) is 5.32 Å². The Labute approximate surface area is 103 Å². The van der Waals surface area contributed by atoms with Crippen molar-refractivity contribution in [2.24, 2.45) is 16.8 Å². The van der Waals surface area contributed by atoms with E-state index in [2.05, 4.69) is 10.5 Å². The van der Waals surface area contributed by atoms with Crippen molar-refractivity contribution < 1.29 is 23.1 Å². The Bertz CT molecular complexity index is 297. The van der Waals surface area contributed by atoms with Gasteiger partial charge < -0.3 is 21.0 Å². The minimum absolute atomic E-state index is 0.0220. The summed E-state index contributed by atoms with van der Waals surface area (Å²) in [5.74, 6) is -2.79. The lowest BCUT2D eigenvalue weighted by Gasteiger charge is -2.21. The summed E-state index contributed by atoms with van der Waals surface area (Å²) < 4.78 is 43.0. The minimum atomic E-state index is -4.53. The first kappa shape index (κ1) is 15.0. The van der Waals surface area contributed by atoms with Gasteiger partial charge >= 0.3 is 6.18 Å². The van der Waals surface area contributed by atoms with Crippen molar-refractivity contribution in [3.63, 3.8) is 0 Å². The minimum Gasteiger partial charge on any atom is -0.409 e. The van der Waals surface area contributed by atoms with E-state index in [9.17, 15) is 13.2 Å². The number of nitrogens with two attached hydrogens (primary N) is 1. The SMILES string of the molecule is COC1CCC(NCC(C(N)=NO)C(F)(F)F)C1. The average molecular weight is 269 g/mol. The van der Waals surface area contributed by atoms with Gasteiger partial charge in [0.05, 0.1) is 6.10 Å². The molecule has 8 heteroatoms. The number of hydrogen-bond donors (Lipinski definition) is 3. The van der Waals surface area contributed by atoms with Crippen molar-refractivity contribution in [2.45, 2.75) is 37.6 Å². The summed E-state index contributed by atoms with van der Waals surface area (Å²) in [7, 11) is 1.59. The second-order valence-corrected chi connectivity index (χ2v) is 4.39. The fraction of sp³-hybridized carbons (Fsp3) is 0.900. The molecule has 0 aliphatic heterocycles. The van der Waals surface area contributed by atoms with Gasteiger partial charge in [-0.05, 0) is 19.3 Å². The second kappa shape index (κ2) is 6.24. The standard InChI is InChI=1S/C10H18F3N3O2/c1-18-7-3-2-6(4-7)15-5-8(9(14)16-17)10(11,12)13/h6-8,15,17H,2-5H2,1H3,(H2,14,16).